The lowest BCUT2D eigenvalue weighted by Crippen LogP contribution is -2.48. The third kappa shape index (κ3) is 4.30. The summed E-state index contributed by atoms with van der Waals surface area (Å²) in [6.45, 7) is 5.77. The van der Waals surface area contributed by atoms with E-state index in [1.54, 1.807) is 23.5 Å². The molecule has 3 heterocycles. The van der Waals surface area contributed by atoms with E-state index in [-0.39, 0.29) is 24.9 Å². The molecule has 1 N–H and O–H groups in total. The fourth-order valence-electron chi connectivity index (χ4n) is 3.64. The minimum atomic E-state index is -0.414. The van der Waals surface area contributed by atoms with E-state index in [9.17, 15) is 14.4 Å². The molecule has 0 atom stereocenters. The van der Waals surface area contributed by atoms with Crippen molar-refractivity contribution in [2.24, 2.45) is 0 Å². The van der Waals surface area contributed by atoms with Crippen LogP contribution in [0.4, 0.5) is 4.79 Å². The Morgan fingerprint density at radius 3 is 2.55 bits per heavy atom. The lowest BCUT2D eigenvalue weighted by molar-refractivity contribution is -0.125. The summed E-state index contributed by atoms with van der Waals surface area (Å²) in [5, 5.41) is 5.66. The summed E-state index contributed by atoms with van der Waals surface area (Å²) in [6.07, 6.45) is 0. The molecule has 4 rings (SSSR count). The van der Waals surface area contributed by atoms with Gasteiger partial charge in [0.15, 0.2) is 0 Å². The van der Waals surface area contributed by atoms with E-state index in [0.29, 0.717) is 24.2 Å². The largest absolute Gasteiger partial charge is 0.336 e. The van der Waals surface area contributed by atoms with Crippen molar-refractivity contribution in [3.63, 3.8) is 0 Å². The SMILES string of the molecule is Cc1nc(CN2CCN(C(=O)c3ccccc3CN3C(=O)CNC3=O)CC2)cs1. The van der Waals surface area contributed by atoms with Crippen LogP contribution in [-0.2, 0) is 17.9 Å². The molecule has 9 heteroatoms. The lowest BCUT2D eigenvalue weighted by atomic mass is 10.1. The quantitative estimate of drug-likeness (QED) is 0.750. The monoisotopic (exact) mass is 413 g/mol. The van der Waals surface area contributed by atoms with Gasteiger partial charge in [0, 0.05) is 43.7 Å². The average molecular weight is 414 g/mol. The molecule has 1 aromatic heterocycles. The second-order valence-electron chi connectivity index (χ2n) is 7.22. The highest BCUT2D eigenvalue weighted by molar-refractivity contribution is 7.09. The molecule has 1 aromatic carbocycles. The lowest BCUT2D eigenvalue weighted by Gasteiger charge is -2.34. The van der Waals surface area contributed by atoms with Crippen LogP contribution in [0.3, 0.4) is 0 Å². The third-order valence-corrected chi connectivity index (χ3v) is 6.05. The standard InChI is InChI=1S/C20H23N5O3S/c1-14-22-16(13-29-14)12-23-6-8-24(9-7-23)19(27)17-5-3-2-4-15(17)11-25-18(26)10-21-20(25)28/h2-5,13H,6-12H2,1H3,(H,21,28). The molecule has 152 valence electrons. The molecule has 2 aliphatic rings. The van der Waals surface area contributed by atoms with Crippen LogP contribution in [0.15, 0.2) is 29.6 Å². The highest BCUT2D eigenvalue weighted by atomic mass is 32.1. The average Bonchev–Trinajstić information content (AvgIpc) is 3.28. The molecule has 0 unspecified atom stereocenters. The van der Waals surface area contributed by atoms with Gasteiger partial charge in [-0.25, -0.2) is 9.78 Å². The van der Waals surface area contributed by atoms with E-state index in [1.807, 2.05) is 24.0 Å². The van der Waals surface area contributed by atoms with Crippen molar-refractivity contribution in [3.8, 4) is 0 Å². The smallest absolute Gasteiger partial charge is 0.324 e. The van der Waals surface area contributed by atoms with Gasteiger partial charge in [-0.2, -0.15) is 0 Å². The van der Waals surface area contributed by atoms with E-state index < -0.39 is 6.03 Å². The number of carbonyl (C=O) groups excluding carboxylic acids is 3. The highest BCUT2D eigenvalue weighted by Crippen LogP contribution is 2.18. The number of aromatic nitrogens is 1. The maximum absolute atomic E-state index is 13.1. The van der Waals surface area contributed by atoms with E-state index in [2.05, 4.69) is 20.6 Å². The maximum atomic E-state index is 13.1. The Bertz CT molecular complexity index is 920. The van der Waals surface area contributed by atoms with Crippen molar-refractivity contribution >= 4 is 29.2 Å². The van der Waals surface area contributed by atoms with Crippen LogP contribution in [0.1, 0.15) is 26.6 Å². The Kier molecular flexibility index (Phi) is 5.59. The van der Waals surface area contributed by atoms with E-state index in [1.165, 1.54) is 0 Å². The summed E-state index contributed by atoms with van der Waals surface area (Å²) < 4.78 is 0. The number of carbonyl (C=O) groups is 3. The van der Waals surface area contributed by atoms with Gasteiger partial charge in [0.25, 0.3) is 5.91 Å². The van der Waals surface area contributed by atoms with Gasteiger partial charge in [0.1, 0.15) is 0 Å². The van der Waals surface area contributed by atoms with Crippen molar-refractivity contribution in [1.29, 1.82) is 0 Å². The minimum absolute atomic E-state index is 0.00934. The number of rotatable bonds is 5. The van der Waals surface area contributed by atoms with Crippen LogP contribution < -0.4 is 5.32 Å². The summed E-state index contributed by atoms with van der Waals surface area (Å²) in [4.78, 5) is 46.7. The number of hydrogen-bond donors (Lipinski definition) is 1. The first-order chi connectivity index (χ1) is 14.0. The molecule has 8 nitrogen and oxygen atoms in total. The first-order valence-corrected chi connectivity index (χ1v) is 10.5. The van der Waals surface area contributed by atoms with Crippen molar-refractivity contribution in [2.45, 2.75) is 20.0 Å². The number of aryl methyl sites for hydroxylation is 1. The molecule has 0 aliphatic carbocycles. The molecular weight excluding hydrogens is 390 g/mol. The van der Waals surface area contributed by atoms with Crippen molar-refractivity contribution in [2.75, 3.05) is 32.7 Å². The second-order valence-corrected chi connectivity index (χ2v) is 8.28. The molecule has 0 radical (unpaired) electrons. The van der Waals surface area contributed by atoms with Gasteiger partial charge < -0.3 is 10.2 Å². The summed E-state index contributed by atoms with van der Waals surface area (Å²) in [5.41, 5.74) is 2.30. The van der Waals surface area contributed by atoms with Crippen molar-refractivity contribution in [3.05, 3.63) is 51.5 Å². The number of piperazine rings is 1. The fraction of sp³-hybridized carbons (Fsp3) is 0.400. The van der Waals surface area contributed by atoms with Crippen LogP contribution in [-0.4, -0.2) is 70.3 Å². The first-order valence-electron chi connectivity index (χ1n) is 9.60. The topological polar surface area (TPSA) is 85.8 Å². The van der Waals surface area contributed by atoms with E-state index >= 15 is 0 Å². The molecule has 0 spiro atoms. The van der Waals surface area contributed by atoms with Gasteiger partial charge in [0.05, 0.1) is 23.8 Å². The number of nitrogens with zero attached hydrogens (tertiary/aromatic N) is 4. The van der Waals surface area contributed by atoms with Crippen molar-refractivity contribution < 1.29 is 14.4 Å². The number of amides is 4. The van der Waals surface area contributed by atoms with Gasteiger partial charge in [-0.05, 0) is 18.6 Å². The van der Waals surface area contributed by atoms with E-state index in [0.717, 1.165) is 35.2 Å². The number of benzene rings is 1. The van der Waals surface area contributed by atoms with Crippen LogP contribution >= 0.6 is 11.3 Å². The summed E-state index contributed by atoms with van der Waals surface area (Å²) >= 11 is 1.65. The van der Waals surface area contributed by atoms with Crippen molar-refractivity contribution in [1.82, 2.24) is 25.0 Å². The highest BCUT2D eigenvalue weighted by Gasteiger charge is 2.30. The zero-order chi connectivity index (χ0) is 20.4. The Morgan fingerprint density at radius 1 is 1.14 bits per heavy atom. The molecule has 2 aliphatic heterocycles. The minimum Gasteiger partial charge on any atom is -0.336 e. The summed E-state index contributed by atoms with van der Waals surface area (Å²) in [5.74, 6) is -0.333. The number of nitrogens with one attached hydrogen (secondary N) is 1. The maximum Gasteiger partial charge on any atom is 0.324 e. The third-order valence-electron chi connectivity index (χ3n) is 5.22. The van der Waals surface area contributed by atoms with Gasteiger partial charge in [0.2, 0.25) is 5.91 Å². The molecule has 2 saturated heterocycles. The fourth-order valence-corrected chi connectivity index (χ4v) is 4.25. The molecule has 2 aromatic rings. The molecular formula is C20H23N5O3S. The normalized spacial score (nSPS) is 17.7. The Morgan fingerprint density at radius 2 is 1.90 bits per heavy atom. The zero-order valence-electron chi connectivity index (χ0n) is 16.3. The molecule has 0 bridgehead atoms. The van der Waals surface area contributed by atoms with Gasteiger partial charge >= 0.3 is 6.03 Å². The van der Waals surface area contributed by atoms with Crippen LogP contribution in [0.5, 0.6) is 0 Å². The molecule has 2 fully saturated rings. The summed E-state index contributed by atoms with van der Waals surface area (Å²) in [7, 11) is 0. The molecule has 4 amide bonds. The number of urea groups is 1. The van der Waals surface area contributed by atoms with Gasteiger partial charge in [-0.15, -0.1) is 11.3 Å². The van der Waals surface area contributed by atoms with Crippen LogP contribution in [0.2, 0.25) is 0 Å². The summed E-state index contributed by atoms with van der Waals surface area (Å²) in [6, 6.07) is 6.78. The predicted molar refractivity (Wildman–Crippen MR) is 108 cm³/mol. The Hall–Kier alpha value is -2.78. The number of thiazole rings is 1. The molecule has 0 saturated carbocycles. The zero-order valence-corrected chi connectivity index (χ0v) is 17.1. The van der Waals surface area contributed by atoms with Gasteiger partial charge in [-0.1, -0.05) is 18.2 Å². The Balaban J connectivity index is 1.40. The van der Waals surface area contributed by atoms with Crippen LogP contribution in [0, 0.1) is 6.92 Å². The van der Waals surface area contributed by atoms with E-state index in [4.69, 9.17) is 0 Å². The predicted octanol–water partition coefficient (Wildman–Crippen LogP) is 1.46. The second kappa shape index (κ2) is 8.30. The Labute approximate surface area is 173 Å². The number of imide groups is 1. The first kappa shape index (κ1) is 19.5. The molecule has 29 heavy (non-hydrogen) atoms. The number of hydrogen-bond acceptors (Lipinski definition) is 6. The van der Waals surface area contributed by atoms with Gasteiger partial charge in [-0.3, -0.25) is 19.4 Å². The van der Waals surface area contributed by atoms with Crippen LogP contribution in [0.25, 0.3) is 0 Å².